The first-order valence-electron chi connectivity index (χ1n) is 6.41. The maximum absolute atomic E-state index is 5.71. The first-order chi connectivity index (χ1) is 9.36. The van der Waals surface area contributed by atoms with Gasteiger partial charge in [-0.15, -0.1) is 0 Å². The summed E-state index contributed by atoms with van der Waals surface area (Å²) < 4.78 is 16.5. The van der Waals surface area contributed by atoms with Crippen LogP contribution in [0.5, 0.6) is 17.2 Å². The van der Waals surface area contributed by atoms with E-state index in [4.69, 9.17) is 25.8 Å². The minimum absolute atomic E-state index is 0.274. The fourth-order valence-corrected chi connectivity index (χ4v) is 2.03. The molecule has 4 nitrogen and oxygen atoms in total. The van der Waals surface area contributed by atoms with Gasteiger partial charge in [-0.25, -0.2) is 0 Å². The minimum Gasteiger partial charge on any atom is -0.489 e. The second kappa shape index (κ2) is 5.72. The Balaban J connectivity index is 1.76. The standard InChI is InChI=1S/C14H16ClNO3/c15-4-1-5-17-12-7-14-13(18-9-19-14)6-10(12)8-16-11-2-3-11/h1,4,6-7,11,16H,2-3,5,8-9H2/b4-1+. The first-order valence-corrected chi connectivity index (χ1v) is 6.84. The molecule has 0 atom stereocenters. The van der Waals surface area contributed by atoms with E-state index in [0.29, 0.717) is 12.6 Å². The summed E-state index contributed by atoms with van der Waals surface area (Å²) >= 11 is 5.49. The molecule has 1 fully saturated rings. The summed E-state index contributed by atoms with van der Waals surface area (Å²) in [5.74, 6) is 2.33. The fourth-order valence-electron chi connectivity index (χ4n) is 1.95. The van der Waals surface area contributed by atoms with Crippen molar-refractivity contribution in [2.24, 2.45) is 0 Å². The molecule has 102 valence electrons. The third-order valence-electron chi connectivity index (χ3n) is 3.14. The molecule has 1 aromatic rings. The van der Waals surface area contributed by atoms with E-state index < -0.39 is 0 Å². The summed E-state index contributed by atoms with van der Waals surface area (Å²) in [5, 5.41) is 3.47. The van der Waals surface area contributed by atoms with Gasteiger partial charge in [0.05, 0.1) is 0 Å². The molecule has 1 aliphatic carbocycles. The van der Waals surface area contributed by atoms with Gasteiger partial charge < -0.3 is 19.5 Å². The lowest BCUT2D eigenvalue weighted by atomic mass is 10.1. The molecule has 0 unspecified atom stereocenters. The van der Waals surface area contributed by atoms with Gasteiger partial charge in [0.15, 0.2) is 11.5 Å². The van der Waals surface area contributed by atoms with Crippen molar-refractivity contribution >= 4 is 11.6 Å². The normalized spacial score (nSPS) is 17.1. The highest BCUT2D eigenvalue weighted by Gasteiger charge is 2.22. The minimum atomic E-state index is 0.274. The SMILES string of the molecule is Cl/C=C/COc1cc2c(cc1CNC1CC1)OCO2. The molecule has 2 aliphatic rings. The predicted molar refractivity (Wildman–Crippen MR) is 72.9 cm³/mol. The Morgan fingerprint density at radius 3 is 2.84 bits per heavy atom. The number of halogens is 1. The van der Waals surface area contributed by atoms with Crippen molar-refractivity contribution in [3.63, 3.8) is 0 Å². The van der Waals surface area contributed by atoms with E-state index in [0.717, 1.165) is 29.4 Å². The molecule has 0 saturated heterocycles. The highest BCUT2D eigenvalue weighted by Crippen LogP contribution is 2.38. The van der Waals surface area contributed by atoms with Crippen molar-refractivity contribution in [2.45, 2.75) is 25.4 Å². The zero-order chi connectivity index (χ0) is 13.1. The molecule has 0 spiro atoms. The van der Waals surface area contributed by atoms with Crippen LogP contribution in [0, 0.1) is 0 Å². The molecule has 0 bridgehead atoms. The van der Waals surface area contributed by atoms with Gasteiger partial charge in [0.2, 0.25) is 6.79 Å². The van der Waals surface area contributed by atoms with Gasteiger partial charge in [-0.05, 0) is 25.0 Å². The van der Waals surface area contributed by atoms with Crippen molar-refractivity contribution in [3.8, 4) is 17.2 Å². The summed E-state index contributed by atoms with van der Waals surface area (Å²) in [6, 6.07) is 4.52. The van der Waals surface area contributed by atoms with Gasteiger partial charge in [0.25, 0.3) is 0 Å². The molecule has 0 amide bonds. The number of rotatable bonds is 6. The molecular weight excluding hydrogens is 266 g/mol. The fraction of sp³-hybridized carbons (Fsp3) is 0.429. The molecule has 19 heavy (non-hydrogen) atoms. The van der Waals surface area contributed by atoms with Crippen LogP contribution in [0.25, 0.3) is 0 Å². The van der Waals surface area contributed by atoms with E-state index in [1.54, 1.807) is 6.08 Å². The number of benzene rings is 1. The van der Waals surface area contributed by atoms with Crippen LogP contribution in [0.4, 0.5) is 0 Å². The molecule has 1 saturated carbocycles. The van der Waals surface area contributed by atoms with E-state index in [-0.39, 0.29) is 6.79 Å². The van der Waals surface area contributed by atoms with Crippen LogP contribution in [0.3, 0.4) is 0 Å². The van der Waals surface area contributed by atoms with Crippen molar-refractivity contribution < 1.29 is 14.2 Å². The number of ether oxygens (including phenoxy) is 3. The number of hydrogen-bond donors (Lipinski definition) is 1. The molecule has 5 heteroatoms. The number of fused-ring (bicyclic) bond motifs is 1. The van der Waals surface area contributed by atoms with Crippen molar-refractivity contribution in [1.29, 1.82) is 0 Å². The van der Waals surface area contributed by atoms with E-state index in [9.17, 15) is 0 Å². The Bertz CT molecular complexity index is 486. The summed E-state index contributed by atoms with van der Waals surface area (Å²) in [6.07, 6.45) is 4.27. The van der Waals surface area contributed by atoms with Crippen LogP contribution < -0.4 is 19.5 Å². The average molecular weight is 282 g/mol. The van der Waals surface area contributed by atoms with Crippen LogP contribution in [0.2, 0.25) is 0 Å². The lowest BCUT2D eigenvalue weighted by Crippen LogP contribution is -2.16. The van der Waals surface area contributed by atoms with Gasteiger partial charge in [-0.1, -0.05) is 11.6 Å². The van der Waals surface area contributed by atoms with Gasteiger partial charge in [0, 0.05) is 29.8 Å². The lowest BCUT2D eigenvalue weighted by Gasteiger charge is -2.12. The molecule has 1 aliphatic heterocycles. The van der Waals surface area contributed by atoms with Crippen molar-refractivity contribution in [2.75, 3.05) is 13.4 Å². The topological polar surface area (TPSA) is 39.7 Å². The number of nitrogens with one attached hydrogen (secondary N) is 1. The van der Waals surface area contributed by atoms with Crippen LogP contribution in [-0.2, 0) is 6.54 Å². The molecule has 3 rings (SSSR count). The summed E-state index contributed by atoms with van der Waals surface area (Å²) in [5.41, 5.74) is 2.54. The third-order valence-corrected chi connectivity index (χ3v) is 3.32. The highest BCUT2D eigenvalue weighted by atomic mass is 35.5. The van der Waals surface area contributed by atoms with E-state index >= 15 is 0 Å². The Morgan fingerprint density at radius 2 is 2.11 bits per heavy atom. The summed E-state index contributed by atoms with van der Waals surface area (Å²) in [4.78, 5) is 0. The molecule has 1 heterocycles. The Labute approximate surface area is 117 Å². The maximum Gasteiger partial charge on any atom is 0.231 e. The summed E-state index contributed by atoms with van der Waals surface area (Å²) in [7, 11) is 0. The molecular formula is C14H16ClNO3. The van der Waals surface area contributed by atoms with Crippen LogP contribution >= 0.6 is 11.6 Å². The summed E-state index contributed by atoms with van der Waals surface area (Å²) in [6.45, 7) is 1.50. The Kier molecular flexibility index (Phi) is 3.80. The van der Waals surface area contributed by atoms with Crippen LogP contribution in [0.15, 0.2) is 23.7 Å². The van der Waals surface area contributed by atoms with Gasteiger partial charge in [0.1, 0.15) is 12.4 Å². The quantitative estimate of drug-likeness (QED) is 0.870. The lowest BCUT2D eigenvalue weighted by molar-refractivity contribution is 0.174. The molecule has 1 aromatic carbocycles. The van der Waals surface area contributed by atoms with E-state index in [1.807, 2.05) is 12.1 Å². The zero-order valence-electron chi connectivity index (χ0n) is 10.5. The third kappa shape index (κ3) is 3.14. The molecule has 0 radical (unpaired) electrons. The van der Waals surface area contributed by atoms with Crippen molar-refractivity contribution in [3.05, 3.63) is 29.3 Å². The van der Waals surface area contributed by atoms with E-state index in [2.05, 4.69) is 5.32 Å². The van der Waals surface area contributed by atoms with Gasteiger partial charge >= 0.3 is 0 Å². The average Bonchev–Trinajstić information content (AvgIpc) is 3.14. The maximum atomic E-state index is 5.71. The van der Waals surface area contributed by atoms with E-state index in [1.165, 1.54) is 18.4 Å². The largest absolute Gasteiger partial charge is 0.489 e. The smallest absolute Gasteiger partial charge is 0.231 e. The van der Waals surface area contributed by atoms with Gasteiger partial charge in [-0.3, -0.25) is 0 Å². The highest BCUT2D eigenvalue weighted by molar-refractivity contribution is 6.25. The predicted octanol–water partition coefficient (Wildman–Crippen LogP) is 2.80. The first kappa shape index (κ1) is 12.6. The number of hydrogen-bond acceptors (Lipinski definition) is 4. The van der Waals surface area contributed by atoms with Gasteiger partial charge in [-0.2, -0.15) is 0 Å². The second-order valence-corrected chi connectivity index (χ2v) is 4.89. The Hall–Kier alpha value is -1.39. The van der Waals surface area contributed by atoms with Crippen molar-refractivity contribution in [1.82, 2.24) is 5.32 Å². The molecule has 0 aromatic heterocycles. The molecule has 1 N–H and O–H groups in total. The van der Waals surface area contributed by atoms with Crippen LogP contribution in [-0.4, -0.2) is 19.4 Å². The van der Waals surface area contributed by atoms with Crippen LogP contribution in [0.1, 0.15) is 18.4 Å². The monoisotopic (exact) mass is 281 g/mol. The second-order valence-electron chi connectivity index (χ2n) is 4.64. The Morgan fingerprint density at radius 1 is 1.32 bits per heavy atom. The zero-order valence-corrected chi connectivity index (χ0v) is 11.3.